The summed E-state index contributed by atoms with van der Waals surface area (Å²) in [5.41, 5.74) is 6.03. The standard InChI is InChI=1S/C39H46F3N6O5S.C2H2O.CH3.In/c1-22(2)15-32(49)45-30-17-25-19-54-35(44-25)24-11-12-31-27(16-24)28(18-38(4,5)21-53-37(51)29-10-8-14-48(46-29)36(30)50)34(47(31)20-39(40,41)42)26-9-7-13-43-33(26)23(3)52-6;1-2-3;;/h7,9,11-13,15-16,19,22-23,29-30,46H,8,10,14,17-18,20-21H2,1-6H3,(H,45,49);1H2;1H3;/t23-,29-,30-;;;/m0.../s1. The second kappa shape index (κ2) is 19.6. The molecule has 1 aromatic carbocycles. The van der Waals surface area contributed by atoms with Crippen LogP contribution in [0.2, 0.25) is 8.35 Å². The number of carbonyl (C=O) groups is 3. The van der Waals surface area contributed by atoms with Crippen LogP contribution >= 0.6 is 11.3 Å². The molecule has 1 saturated heterocycles. The van der Waals surface area contributed by atoms with E-state index in [4.69, 9.17) is 19.3 Å². The molecule has 12 nitrogen and oxygen atoms in total. The van der Waals surface area contributed by atoms with Gasteiger partial charge in [-0.05, 0) is 32.1 Å². The van der Waals surface area contributed by atoms with Crippen molar-refractivity contribution in [1.29, 1.82) is 0 Å². The van der Waals surface area contributed by atoms with Gasteiger partial charge in [-0.1, -0.05) is 13.8 Å². The van der Waals surface area contributed by atoms with Crippen molar-refractivity contribution in [3.05, 3.63) is 65.4 Å². The predicted octanol–water partition coefficient (Wildman–Crippen LogP) is 6.95. The molecular weight excluding hydrogens is 888 g/mol. The van der Waals surface area contributed by atoms with Crippen LogP contribution in [0.3, 0.4) is 0 Å². The van der Waals surface area contributed by atoms with Crippen LogP contribution in [-0.2, 0) is 48.0 Å². The zero-order chi connectivity index (χ0) is 43.2. The summed E-state index contributed by atoms with van der Waals surface area (Å²) in [6.07, 6.45) is -2.12. The number of carbonyl (C=O) groups excluding carboxylic acids is 4. The summed E-state index contributed by atoms with van der Waals surface area (Å²) in [5, 5.41) is 7.54. The number of alkyl halides is 3. The van der Waals surface area contributed by atoms with Gasteiger partial charge < -0.3 is 9.30 Å². The molecule has 3 aromatic heterocycles. The minimum atomic E-state index is -4.55. The van der Waals surface area contributed by atoms with Crippen LogP contribution in [0.4, 0.5) is 13.2 Å². The van der Waals surface area contributed by atoms with E-state index in [-0.39, 0.29) is 40.9 Å². The van der Waals surface area contributed by atoms with Gasteiger partial charge in [0.1, 0.15) is 12.5 Å². The van der Waals surface area contributed by atoms with Crippen LogP contribution in [0.25, 0.3) is 32.7 Å². The van der Waals surface area contributed by atoms with Gasteiger partial charge in [-0.15, -0.1) is 0 Å². The van der Waals surface area contributed by atoms with E-state index in [9.17, 15) is 27.6 Å². The van der Waals surface area contributed by atoms with E-state index in [2.05, 4.69) is 27.0 Å². The molecule has 59 heavy (non-hydrogen) atoms. The molecule has 0 saturated carbocycles. The molecule has 17 heteroatoms. The van der Waals surface area contributed by atoms with Crippen LogP contribution in [0.1, 0.15) is 70.5 Å². The summed E-state index contributed by atoms with van der Waals surface area (Å²) in [6.45, 7) is 11.4. The Morgan fingerprint density at radius 2 is 1.97 bits per heavy atom. The van der Waals surface area contributed by atoms with Crippen molar-refractivity contribution >= 4 is 68.9 Å². The number of halogens is 3. The number of nitrogens with zero attached hydrogens (tertiary/aromatic N) is 4. The van der Waals surface area contributed by atoms with Gasteiger partial charge in [-0.2, -0.15) is 13.2 Å². The van der Waals surface area contributed by atoms with Crippen molar-refractivity contribution in [3.8, 4) is 21.8 Å². The quantitative estimate of drug-likeness (QED) is 0.142. The number of nitrogens with one attached hydrogen (secondary N) is 2. The summed E-state index contributed by atoms with van der Waals surface area (Å²) in [5.74, 6) is 0.340. The molecule has 0 spiro atoms. The molecular formula is C42H51F3InN6O6S. The van der Waals surface area contributed by atoms with E-state index in [1.54, 1.807) is 37.4 Å². The number of benzene rings is 1. The van der Waals surface area contributed by atoms with Crippen LogP contribution in [0.15, 0.2) is 48.5 Å². The number of methoxy groups -OCH3 is 1. The average Bonchev–Trinajstić information content (AvgIpc) is 3.77. The fourth-order valence-corrected chi connectivity index (χ4v) is 11.9. The maximum atomic E-state index is 14.5. The molecule has 5 heterocycles. The van der Waals surface area contributed by atoms with Crippen molar-refractivity contribution < 1.29 is 41.8 Å². The topological polar surface area (TPSA) is 145 Å². The summed E-state index contributed by atoms with van der Waals surface area (Å²) < 4.78 is 58.4. The maximum absolute atomic E-state index is 14.5. The van der Waals surface area contributed by atoms with Crippen molar-refractivity contribution in [2.45, 2.75) is 99.6 Å². The van der Waals surface area contributed by atoms with E-state index in [0.717, 1.165) is 0 Å². The van der Waals surface area contributed by atoms with Gasteiger partial charge in [0, 0.05) is 18.9 Å². The van der Waals surface area contributed by atoms with E-state index < -0.39 is 65.2 Å². The molecule has 2 amide bonds. The number of fused-ring (bicyclic) bond motifs is 6. The fourth-order valence-electron chi connectivity index (χ4n) is 7.69. The Morgan fingerprint density at radius 3 is 2.63 bits per heavy atom. The van der Waals surface area contributed by atoms with Gasteiger partial charge in [0.15, 0.2) is 0 Å². The molecule has 315 valence electrons. The molecule has 2 aliphatic rings. The van der Waals surface area contributed by atoms with Gasteiger partial charge in [0.05, 0.1) is 17.5 Å². The minimum absolute atomic E-state index is 0.0368. The average molecular weight is 940 g/mol. The van der Waals surface area contributed by atoms with Crippen molar-refractivity contribution in [1.82, 2.24) is 30.3 Å². The molecule has 4 atom stereocenters. The summed E-state index contributed by atoms with van der Waals surface area (Å²) >= 11 is 0.122. The molecule has 6 bridgehead atoms. The number of ether oxygens (including phenoxy) is 2. The molecule has 0 aliphatic carbocycles. The molecule has 1 fully saturated rings. The summed E-state index contributed by atoms with van der Waals surface area (Å²) in [4.78, 5) is 59.4. The third-order valence-electron chi connectivity index (χ3n) is 10.5. The number of esters is 1. The van der Waals surface area contributed by atoms with Gasteiger partial charge in [-0.3, -0.25) is 4.98 Å². The first-order valence-electron chi connectivity index (χ1n) is 19.5. The van der Waals surface area contributed by atoms with Crippen LogP contribution in [-0.4, -0.2) is 105 Å². The molecule has 2 N–H and O–H groups in total. The molecule has 0 unspecified atom stereocenters. The Kier molecular flexibility index (Phi) is 15.3. The normalized spacial score (nSPS) is 19.5. The number of thiazole rings is 1. The number of hydrazine groups is 1. The number of rotatable bonds is 8. The Bertz CT molecular complexity index is 2180. The predicted molar refractivity (Wildman–Crippen MR) is 221 cm³/mol. The van der Waals surface area contributed by atoms with Gasteiger partial charge in [-0.25, -0.2) is 4.79 Å². The Labute approximate surface area is 357 Å². The molecule has 1 radical (unpaired) electrons. The number of hydrogen-bond donors (Lipinski definition) is 2. The van der Waals surface area contributed by atoms with E-state index in [1.165, 1.54) is 34.0 Å². The smallest absolute Gasteiger partial charge is 0.0563 e. The van der Waals surface area contributed by atoms with Crippen molar-refractivity contribution in [2.24, 2.45) is 11.3 Å². The third-order valence-corrected chi connectivity index (χ3v) is 16.6. The van der Waals surface area contributed by atoms with Gasteiger partial charge in [0.2, 0.25) is 0 Å². The van der Waals surface area contributed by atoms with Gasteiger partial charge >= 0.3 is 232 Å². The van der Waals surface area contributed by atoms with E-state index in [0.29, 0.717) is 69.1 Å². The first-order valence-corrected chi connectivity index (χ1v) is 25.6. The SMILES string of the molecule is C=C=O.CO[C@@H](C)c1ncccc1-c1c2c3cc(ccc3n1CC(F)(F)F)-c1nc(cs1)C[C@H](NC(=O)[C@@H]([In][CH3])C(C)C)C(=O)N1CCC[C@H](N1)C(=O)OCC(C)(C)C2. The van der Waals surface area contributed by atoms with Crippen LogP contribution in [0, 0.1) is 11.3 Å². The minimum Gasteiger partial charge on any atom is -0.0563 e. The number of aromatic nitrogens is 3. The third kappa shape index (κ3) is 11.0. The number of pyridine rings is 1. The first-order chi connectivity index (χ1) is 27.9. The summed E-state index contributed by atoms with van der Waals surface area (Å²) in [6, 6.07) is 7.06. The first kappa shape index (κ1) is 46.1. The number of hydrogen-bond acceptors (Lipinski definition) is 10. The van der Waals surface area contributed by atoms with Gasteiger partial charge in [0.25, 0.3) is 0 Å². The van der Waals surface area contributed by atoms with Crippen molar-refractivity contribution in [2.75, 3.05) is 20.3 Å². The molecule has 2 aliphatic heterocycles. The number of cyclic esters (lactones) is 1. The van der Waals surface area contributed by atoms with Crippen LogP contribution < -0.4 is 10.7 Å². The Hall–Kier alpha value is -4.02. The second-order valence-electron chi connectivity index (χ2n) is 16.0. The van der Waals surface area contributed by atoms with Crippen molar-refractivity contribution in [3.63, 3.8) is 0 Å². The Morgan fingerprint density at radius 1 is 1.24 bits per heavy atom. The zero-order valence-electron chi connectivity index (χ0n) is 34.4. The Balaban J connectivity index is 0.00000214. The summed E-state index contributed by atoms with van der Waals surface area (Å²) in [7, 11) is 1.53. The fraction of sp³-hybridized carbons (Fsp3) is 0.500. The van der Waals surface area contributed by atoms with E-state index in [1.807, 2.05) is 39.1 Å². The molecule has 4 aromatic rings. The zero-order valence-corrected chi connectivity index (χ0v) is 38.6. The number of amides is 2. The van der Waals surface area contributed by atoms with E-state index >= 15 is 0 Å². The molecule has 6 rings (SSSR count). The van der Waals surface area contributed by atoms with Crippen LogP contribution in [0.5, 0.6) is 0 Å². The monoisotopic (exact) mass is 939 g/mol. The second-order valence-corrected chi connectivity index (χ2v) is 20.8.